The van der Waals surface area contributed by atoms with Gasteiger partial charge < -0.3 is 5.73 Å². The molecule has 1 aromatic rings. The molecule has 0 saturated carbocycles. The molecule has 0 atom stereocenters. The number of hydrogen-bond donors (Lipinski definition) is 1. The van der Waals surface area contributed by atoms with E-state index in [1.165, 1.54) is 5.56 Å². The van der Waals surface area contributed by atoms with Crippen molar-refractivity contribution in [2.45, 2.75) is 0 Å². The summed E-state index contributed by atoms with van der Waals surface area (Å²) in [7, 11) is 0. The molecule has 0 aliphatic heterocycles. The van der Waals surface area contributed by atoms with E-state index >= 15 is 0 Å². The van der Waals surface area contributed by atoms with Crippen molar-refractivity contribution >= 4 is 33.3 Å². The predicted octanol–water partition coefficient (Wildman–Crippen LogP) is 2.48. The van der Waals surface area contributed by atoms with Gasteiger partial charge in [0.15, 0.2) is 0 Å². The van der Waals surface area contributed by atoms with Gasteiger partial charge in [0.25, 0.3) is 0 Å². The van der Waals surface area contributed by atoms with Gasteiger partial charge in [-0.2, -0.15) is 11.3 Å². The van der Waals surface area contributed by atoms with Crippen LogP contribution in [0.15, 0.2) is 21.3 Å². The second-order valence-corrected chi connectivity index (χ2v) is 3.41. The zero-order valence-electron chi connectivity index (χ0n) is 5.38. The number of rotatable bonds is 2. The van der Waals surface area contributed by atoms with Crippen LogP contribution in [-0.4, -0.2) is 6.54 Å². The summed E-state index contributed by atoms with van der Waals surface area (Å²) >= 11 is 5.09. The lowest BCUT2D eigenvalue weighted by Gasteiger charge is -1.85. The minimum Gasteiger partial charge on any atom is -0.327 e. The summed E-state index contributed by atoms with van der Waals surface area (Å²) in [6.07, 6.45) is 3.95. The largest absolute Gasteiger partial charge is 0.327 e. The molecule has 0 unspecified atom stereocenters. The average molecular weight is 218 g/mol. The maximum absolute atomic E-state index is 5.30. The van der Waals surface area contributed by atoms with E-state index in [1.807, 2.05) is 12.2 Å². The summed E-state index contributed by atoms with van der Waals surface area (Å²) in [5, 5.41) is 4.13. The summed E-state index contributed by atoms with van der Waals surface area (Å²) in [5.41, 5.74) is 6.50. The molecule has 1 nitrogen and oxygen atoms in total. The molecule has 1 aromatic heterocycles. The molecule has 0 amide bonds. The number of thiophene rings is 1. The Morgan fingerprint density at radius 2 is 2.40 bits per heavy atom. The van der Waals surface area contributed by atoms with Gasteiger partial charge >= 0.3 is 0 Å². The molecule has 0 aliphatic carbocycles. The van der Waals surface area contributed by atoms with E-state index in [9.17, 15) is 0 Å². The molecule has 0 radical (unpaired) electrons. The van der Waals surface area contributed by atoms with E-state index in [4.69, 9.17) is 5.73 Å². The fourth-order valence-corrected chi connectivity index (χ4v) is 2.00. The van der Waals surface area contributed by atoms with E-state index < -0.39 is 0 Å². The highest BCUT2D eigenvalue weighted by Gasteiger charge is 1.93. The summed E-state index contributed by atoms with van der Waals surface area (Å²) in [6.45, 7) is 0.599. The average Bonchev–Trinajstić information content (AvgIpc) is 2.31. The molecule has 1 heterocycles. The SMILES string of the molecule is NC/C=C/c1cscc1Br. The van der Waals surface area contributed by atoms with Crippen molar-refractivity contribution in [1.29, 1.82) is 0 Å². The Morgan fingerprint density at radius 1 is 1.60 bits per heavy atom. The Balaban J connectivity index is 2.74. The Kier molecular flexibility index (Phi) is 3.12. The quantitative estimate of drug-likeness (QED) is 0.810. The van der Waals surface area contributed by atoms with E-state index in [2.05, 4.69) is 26.7 Å². The lowest BCUT2D eigenvalue weighted by atomic mass is 10.3. The Bertz CT molecular complexity index is 229. The van der Waals surface area contributed by atoms with E-state index in [0.717, 1.165) is 4.47 Å². The van der Waals surface area contributed by atoms with Gasteiger partial charge in [-0.15, -0.1) is 0 Å². The third kappa shape index (κ3) is 1.94. The van der Waals surface area contributed by atoms with Crippen molar-refractivity contribution in [1.82, 2.24) is 0 Å². The molecule has 0 fully saturated rings. The Morgan fingerprint density at radius 3 is 2.90 bits per heavy atom. The van der Waals surface area contributed by atoms with Crippen LogP contribution < -0.4 is 5.73 Å². The zero-order chi connectivity index (χ0) is 7.40. The van der Waals surface area contributed by atoms with E-state index in [1.54, 1.807) is 11.3 Å². The summed E-state index contributed by atoms with van der Waals surface area (Å²) in [6, 6.07) is 0. The minimum absolute atomic E-state index is 0.599. The van der Waals surface area contributed by atoms with Crippen molar-refractivity contribution in [2.75, 3.05) is 6.54 Å². The maximum Gasteiger partial charge on any atom is 0.0354 e. The predicted molar refractivity (Wildman–Crippen MR) is 50.1 cm³/mol. The number of nitrogens with two attached hydrogens (primary N) is 1. The van der Waals surface area contributed by atoms with Crippen LogP contribution in [0.2, 0.25) is 0 Å². The maximum atomic E-state index is 5.30. The van der Waals surface area contributed by atoms with Gasteiger partial charge in [-0.05, 0) is 26.9 Å². The van der Waals surface area contributed by atoms with Crippen molar-refractivity contribution in [3.63, 3.8) is 0 Å². The highest BCUT2D eigenvalue weighted by atomic mass is 79.9. The van der Waals surface area contributed by atoms with Crippen molar-refractivity contribution in [3.05, 3.63) is 26.9 Å². The molecule has 0 aliphatic rings. The van der Waals surface area contributed by atoms with Gasteiger partial charge in [0.05, 0.1) is 0 Å². The van der Waals surface area contributed by atoms with Crippen LogP contribution in [0.25, 0.3) is 6.08 Å². The van der Waals surface area contributed by atoms with Crippen LogP contribution in [0, 0.1) is 0 Å². The van der Waals surface area contributed by atoms with Gasteiger partial charge in [0, 0.05) is 16.4 Å². The fraction of sp³-hybridized carbons (Fsp3) is 0.143. The highest BCUT2D eigenvalue weighted by Crippen LogP contribution is 2.22. The Labute approximate surface area is 72.7 Å². The normalized spacial score (nSPS) is 11.0. The van der Waals surface area contributed by atoms with Crippen LogP contribution >= 0.6 is 27.3 Å². The highest BCUT2D eigenvalue weighted by molar-refractivity contribution is 9.10. The van der Waals surface area contributed by atoms with Crippen molar-refractivity contribution < 1.29 is 0 Å². The molecule has 0 spiro atoms. The molecule has 2 N–H and O–H groups in total. The first-order valence-electron chi connectivity index (χ1n) is 2.93. The molecule has 10 heavy (non-hydrogen) atoms. The van der Waals surface area contributed by atoms with Gasteiger partial charge in [0.2, 0.25) is 0 Å². The second-order valence-electron chi connectivity index (χ2n) is 1.81. The van der Waals surface area contributed by atoms with Gasteiger partial charge in [-0.25, -0.2) is 0 Å². The van der Waals surface area contributed by atoms with Gasteiger partial charge in [-0.1, -0.05) is 12.2 Å². The molecular formula is C7H8BrNS. The fourth-order valence-electron chi connectivity index (χ4n) is 0.605. The first-order chi connectivity index (χ1) is 4.84. The molecule has 0 bridgehead atoms. The molecule has 0 aromatic carbocycles. The molecule has 54 valence electrons. The zero-order valence-corrected chi connectivity index (χ0v) is 7.78. The molecular weight excluding hydrogens is 210 g/mol. The van der Waals surface area contributed by atoms with Gasteiger partial charge in [-0.3, -0.25) is 0 Å². The number of halogens is 1. The number of hydrogen-bond acceptors (Lipinski definition) is 2. The van der Waals surface area contributed by atoms with E-state index in [-0.39, 0.29) is 0 Å². The topological polar surface area (TPSA) is 26.0 Å². The lowest BCUT2D eigenvalue weighted by Crippen LogP contribution is -1.91. The first-order valence-corrected chi connectivity index (χ1v) is 4.66. The summed E-state index contributed by atoms with van der Waals surface area (Å²) in [5.74, 6) is 0. The third-order valence-corrected chi connectivity index (χ3v) is 2.83. The van der Waals surface area contributed by atoms with Crippen LogP contribution in [0.5, 0.6) is 0 Å². The Hall–Kier alpha value is -0.120. The summed E-state index contributed by atoms with van der Waals surface area (Å²) < 4.78 is 1.14. The van der Waals surface area contributed by atoms with E-state index in [0.29, 0.717) is 6.54 Å². The van der Waals surface area contributed by atoms with Crippen LogP contribution in [0.3, 0.4) is 0 Å². The monoisotopic (exact) mass is 217 g/mol. The van der Waals surface area contributed by atoms with Crippen molar-refractivity contribution in [3.8, 4) is 0 Å². The van der Waals surface area contributed by atoms with Crippen molar-refractivity contribution in [2.24, 2.45) is 5.73 Å². The third-order valence-electron chi connectivity index (χ3n) is 1.08. The first kappa shape index (κ1) is 7.98. The second kappa shape index (κ2) is 3.91. The van der Waals surface area contributed by atoms with Gasteiger partial charge in [0.1, 0.15) is 0 Å². The standard InChI is InChI=1S/C7H8BrNS/c8-7-5-10-4-6(7)2-1-3-9/h1-2,4-5H,3,9H2/b2-1+. The van der Waals surface area contributed by atoms with Crippen LogP contribution in [-0.2, 0) is 0 Å². The molecule has 0 saturated heterocycles. The molecule has 1 rings (SSSR count). The lowest BCUT2D eigenvalue weighted by molar-refractivity contribution is 1.26. The van der Waals surface area contributed by atoms with Crippen LogP contribution in [0.1, 0.15) is 5.56 Å². The summed E-state index contributed by atoms with van der Waals surface area (Å²) in [4.78, 5) is 0. The smallest absolute Gasteiger partial charge is 0.0354 e. The van der Waals surface area contributed by atoms with Crippen LogP contribution in [0.4, 0.5) is 0 Å². The minimum atomic E-state index is 0.599. The molecule has 3 heteroatoms.